The molecule has 7 nitrogen and oxygen atoms in total. The van der Waals surface area contributed by atoms with Gasteiger partial charge in [-0.3, -0.25) is 10.1 Å². The van der Waals surface area contributed by atoms with Gasteiger partial charge in [-0.1, -0.05) is 54.6 Å². The van der Waals surface area contributed by atoms with Gasteiger partial charge in [-0.2, -0.15) is 5.10 Å². The zero-order valence-electron chi connectivity index (χ0n) is 20.2. The molecule has 0 saturated carbocycles. The Labute approximate surface area is 217 Å². The summed E-state index contributed by atoms with van der Waals surface area (Å²) < 4.78 is 14.9. The summed E-state index contributed by atoms with van der Waals surface area (Å²) in [7, 11) is 0. The number of aromatic nitrogens is 2. The fourth-order valence-electron chi connectivity index (χ4n) is 4.64. The minimum atomic E-state index is -0.370. The summed E-state index contributed by atoms with van der Waals surface area (Å²) in [6, 6.07) is 26.6. The molecular formula is C30H22FN5O2. The van der Waals surface area contributed by atoms with Gasteiger partial charge in [-0.15, -0.1) is 0 Å². The second kappa shape index (κ2) is 9.74. The Morgan fingerprint density at radius 3 is 2.53 bits per heavy atom. The van der Waals surface area contributed by atoms with Crippen LogP contribution in [0.25, 0.3) is 21.9 Å². The van der Waals surface area contributed by atoms with Crippen LogP contribution in [0.15, 0.2) is 101 Å². The van der Waals surface area contributed by atoms with Crippen molar-refractivity contribution in [2.75, 3.05) is 5.32 Å². The number of aliphatic imine (C=N–C) groups is 1. The average Bonchev–Trinajstić information content (AvgIpc) is 3.33. The molecule has 1 aliphatic heterocycles. The largest absolute Gasteiger partial charge is 0.324 e. The molecule has 0 saturated heterocycles. The standard InChI is InChI=1S/C30H22FN5O2/c31-25-13-10-18(15-27-22-8-4-5-9-23(22)29(37)36-35-27)14-24(25)19-11-12-20-17-28(33-26(20)16-19)34-30(38)32-21-6-2-1-3-7-21/h1-14,16H,15,17H2,(H,36,37)(H2,32,33,34,38). The summed E-state index contributed by atoms with van der Waals surface area (Å²) in [5.74, 6) is 0.173. The molecule has 0 spiro atoms. The Hall–Kier alpha value is -5.11. The van der Waals surface area contributed by atoms with E-state index in [4.69, 9.17) is 0 Å². The molecule has 1 aromatic heterocycles. The molecular weight excluding hydrogens is 481 g/mol. The maximum Gasteiger partial charge on any atom is 0.324 e. The molecule has 0 radical (unpaired) electrons. The summed E-state index contributed by atoms with van der Waals surface area (Å²) in [5.41, 5.74) is 4.77. The Kier molecular flexibility index (Phi) is 5.97. The van der Waals surface area contributed by atoms with Crippen LogP contribution in [0.2, 0.25) is 0 Å². The van der Waals surface area contributed by atoms with Crippen molar-refractivity contribution in [2.45, 2.75) is 12.8 Å². The summed E-state index contributed by atoms with van der Waals surface area (Å²) >= 11 is 0. The molecule has 6 rings (SSSR count). The number of carbonyl (C=O) groups is 1. The van der Waals surface area contributed by atoms with Crippen LogP contribution in [0.5, 0.6) is 0 Å². The van der Waals surface area contributed by atoms with Crippen LogP contribution < -0.4 is 16.2 Å². The van der Waals surface area contributed by atoms with Crippen LogP contribution in [0.1, 0.15) is 16.8 Å². The van der Waals surface area contributed by atoms with Crippen molar-refractivity contribution in [3.8, 4) is 11.1 Å². The van der Waals surface area contributed by atoms with E-state index in [-0.39, 0.29) is 17.4 Å². The summed E-state index contributed by atoms with van der Waals surface area (Å²) in [6.45, 7) is 0. The van der Waals surface area contributed by atoms with Gasteiger partial charge in [-0.05, 0) is 53.1 Å². The first-order valence-electron chi connectivity index (χ1n) is 12.1. The molecule has 2 heterocycles. The zero-order chi connectivity index (χ0) is 26.1. The van der Waals surface area contributed by atoms with Gasteiger partial charge in [0.05, 0.1) is 16.8 Å². The van der Waals surface area contributed by atoms with Crippen molar-refractivity contribution in [3.63, 3.8) is 0 Å². The first kappa shape index (κ1) is 23.3. The molecule has 8 heteroatoms. The number of urea groups is 1. The number of anilines is 1. The molecule has 5 aromatic rings. The number of nitrogens with zero attached hydrogens (tertiary/aromatic N) is 2. The summed E-state index contributed by atoms with van der Waals surface area (Å²) in [4.78, 5) is 29.0. The molecule has 4 aromatic carbocycles. The highest BCUT2D eigenvalue weighted by Gasteiger charge is 2.18. The third-order valence-electron chi connectivity index (χ3n) is 6.48. The lowest BCUT2D eigenvalue weighted by atomic mass is 9.97. The lowest BCUT2D eigenvalue weighted by Crippen LogP contribution is -2.34. The number of hydrogen-bond donors (Lipinski definition) is 3. The van der Waals surface area contributed by atoms with E-state index < -0.39 is 0 Å². The summed E-state index contributed by atoms with van der Waals surface area (Å²) in [5, 5.41) is 13.7. The van der Waals surface area contributed by atoms with E-state index in [0.717, 1.165) is 16.5 Å². The van der Waals surface area contributed by atoms with E-state index in [1.165, 1.54) is 6.07 Å². The van der Waals surface area contributed by atoms with E-state index in [2.05, 4.69) is 25.8 Å². The molecule has 38 heavy (non-hydrogen) atoms. The molecule has 2 amide bonds. The maximum absolute atomic E-state index is 14.9. The molecule has 3 N–H and O–H groups in total. The number of benzene rings is 4. The summed E-state index contributed by atoms with van der Waals surface area (Å²) in [6.07, 6.45) is 0.906. The van der Waals surface area contributed by atoms with E-state index in [0.29, 0.717) is 52.3 Å². The van der Waals surface area contributed by atoms with Crippen LogP contribution in [0.3, 0.4) is 0 Å². The topological polar surface area (TPSA) is 99.2 Å². The van der Waals surface area contributed by atoms with E-state index in [9.17, 15) is 14.0 Å². The van der Waals surface area contributed by atoms with E-state index in [1.54, 1.807) is 30.3 Å². The molecule has 0 atom stereocenters. The molecule has 0 fully saturated rings. The highest BCUT2D eigenvalue weighted by Crippen LogP contribution is 2.33. The minimum absolute atomic E-state index is 0.241. The minimum Gasteiger partial charge on any atom is -0.308 e. The van der Waals surface area contributed by atoms with E-state index >= 15 is 0 Å². The normalized spacial score (nSPS) is 12.2. The Balaban J connectivity index is 1.24. The van der Waals surface area contributed by atoms with Crippen molar-refractivity contribution < 1.29 is 9.18 Å². The highest BCUT2D eigenvalue weighted by molar-refractivity contribution is 6.06. The highest BCUT2D eigenvalue weighted by atomic mass is 19.1. The Morgan fingerprint density at radius 2 is 1.68 bits per heavy atom. The fraction of sp³-hybridized carbons (Fsp3) is 0.0667. The van der Waals surface area contributed by atoms with Crippen LogP contribution in [-0.2, 0) is 12.8 Å². The molecule has 0 unspecified atom stereocenters. The predicted octanol–water partition coefficient (Wildman–Crippen LogP) is 5.73. The van der Waals surface area contributed by atoms with Gasteiger partial charge in [0.25, 0.3) is 5.56 Å². The van der Waals surface area contributed by atoms with Gasteiger partial charge < -0.3 is 5.32 Å². The van der Waals surface area contributed by atoms with Gasteiger partial charge in [0.2, 0.25) is 0 Å². The third kappa shape index (κ3) is 4.67. The van der Waals surface area contributed by atoms with Crippen molar-refractivity contribution >= 4 is 34.0 Å². The van der Waals surface area contributed by atoms with Gasteiger partial charge in [0.15, 0.2) is 0 Å². The van der Waals surface area contributed by atoms with Crippen molar-refractivity contribution in [3.05, 3.63) is 124 Å². The van der Waals surface area contributed by atoms with Gasteiger partial charge in [-0.25, -0.2) is 19.3 Å². The molecule has 1 aliphatic rings. The Bertz CT molecular complexity index is 1780. The lowest BCUT2D eigenvalue weighted by Gasteiger charge is -2.09. The second-order valence-electron chi connectivity index (χ2n) is 9.06. The number of aromatic amines is 1. The number of carbonyl (C=O) groups excluding carboxylic acids is 1. The van der Waals surface area contributed by atoms with Crippen molar-refractivity contribution in [1.29, 1.82) is 0 Å². The fourth-order valence-corrected chi connectivity index (χ4v) is 4.64. The van der Waals surface area contributed by atoms with Crippen LogP contribution in [0, 0.1) is 5.82 Å². The monoisotopic (exact) mass is 503 g/mol. The number of rotatable bonds is 4. The molecule has 186 valence electrons. The molecule has 0 bridgehead atoms. The average molecular weight is 504 g/mol. The maximum atomic E-state index is 14.9. The number of halogens is 1. The van der Waals surface area contributed by atoms with Gasteiger partial charge in [0, 0.05) is 29.5 Å². The van der Waals surface area contributed by atoms with E-state index in [1.807, 2.05) is 54.6 Å². The number of hydrogen-bond acceptors (Lipinski definition) is 4. The SMILES string of the molecule is O=C(NC1=Nc2cc(-c3cc(Cc4n[nH]c(=O)c5ccccc45)ccc3F)ccc2C1)Nc1ccccc1. The zero-order valence-corrected chi connectivity index (χ0v) is 20.2. The van der Waals surface area contributed by atoms with Crippen LogP contribution in [0.4, 0.5) is 20.6 Å². The second-order valence-corrected chi connectivity index (χ2v) is 9.06. The first-order valence-corrected chi connectivity index (χ1v) is 12.1. The Morgan fingerprint density at radius 1 is 0.895 bits per heavy atom. The third-order valence-corrected chi connectivity index (χ3v) is 6.48. The van der Waals surface area contributed by atoms with Crippen LogP contribution >= 0.6 is 0 Å². The predicted molar refractivity (Wildman–Crippen MR) is 146 cm³/mol. The van der Waals surface area contributed by atoms with Gasteiger partial charge >= 0.3 is 6.03 Å². The first-order chi connectivity index (χ1) is 18.5. The van der Waals surface area contributed by atoms with Gasteiger partial charge in [0.1, 0.15) is 11.7 Å². The van der Waals surface area contributed by atoms with Crippen molar-refractivity contribution in [2.24, 2.45) is 4.99 Å². The number of amides is 2. The number of nitrogens with one attached hydrogen (secondary N) is 3. The van der Waals surface area contributed by atoms with Crippen molar-refractivity contribution in [1.82, 2.24) is 15.5 Å². The smallest absolute Gasteiger partial charge is 0.308 e. The number of H-pyrrole nitrogens is 1. The number of para-hydroxylation sites is 1. The quantitative estimate of drug-likeness (QED) is 0.292. The molecule has 0 aliphatic carbocycles. The number of amidine groups is 1. The lowest BCUT2D eigenvalue weighted by molar-refractivity contribution is 0.256. The number of fused-ring (bicyclic) bond motifs is 2. The van der Waals surface area contributed by atoms with Crippen LogP contribution in [-0.4, -0.2) is 22.1 Å².